The number of benzene rings is 1. The number of aromatic nitrogens is 3. The molecule has 0 amide bonds. The van der Waals surface area contributed by atoms with Crippen LogP contribution in [0.4, 0.5) is 11.6 Å². The van der Waals surface area contributed by atoms with Crippen LogP contribution in [0.25, 0.3) is 10.9 Å². The van der Waals surface area contributed by atoms with Crippen molar-refractivity contribution < 1.29 is 0 Å². The number of anilines is 2. The SMILES string of the molecule is Cc1nc(NCCc2c[nH]c3ccccc23)cc(NC(C)C)n1. The van der Waals surface area contributed by atoms with E-state index in [0.717, 1.165) is 30.4 Å². The van der Waals surface area contributed by atoms with Crippen LogP contribution in [0.15, 0.2) is 36.5 Å². The van der Waals surface area contributed by atoms with Crippen LogP contribution in [0.5, 0.6) is 0 Å². The summed E-state index contributed by atoms with van der Waals surface area (Å²) in [6, 6.07) is 10.7. The van der Waals surface area contributed by atoms with Gasteiger partial charge < -0.3 is 15.6 Å². The number of hydrogen-bond donors (Lipinski definition) is 3. The monoisotopic (exact) mass is 309 g/mol. The van der Waals surface area contributed by atoms with E-state index in [0.29, 0.717) is 6.04 Å². The van der Waals surface area contributed by atoms with Crippen molar-refractivity contribution in [3.05, 3.63) is 47.9 Å². The summed E-state index contributed by atoms with van der Waals surface area (Å²) in [5.74, 6) is 2.49. The van der Waals surface area contributed by atoms with Crippen molar-refractivity contribution in [3.63, 3.8) is 0 Å². The van der Waals surface area contributed by atoms with Gasteiger partial charge in [-0.2, -0.15) is 0 Å². The van der Waals surface area contributed by atoms with Gasteiger partial charge in [-0.3, -0.25) is 0 Å². The Kier molecular flexibility index (Phi) is 4.46. The van der Waals surface area contributed by atoms with E-state index < -0.39 is 0 Å². The fourth-order valence-electron chi connectivity index (χ4n) is 2.69. The van der Waals surface area contributed by atoms with E-state index in [2.05, 4.69) is 63.8 Å². The van der Waals surface area contributed by atoms with E-state index >= 15 is 0 Å². The molecule has 0 unspecified atom stereocenters. The third-order valence-electron chi connectivity index (χ3n) is 3.65. The van der Waals surface area contributed by atoms with Crippen molar-refractivity contribution in [2.45, 2.75) is 33.2 Å². The second kappa shape index (κ2) is 6.69. The highest BCUT2D eigenvalue weighted by Crippen LogP contribution is 2.18. The van der Waals surface area contributed by atoms with Gasteiger partial charge in [-0.1, -0.05) is 18.2 Å². The average molecular weight is 309 g/mol. The topological polar surface area (TPSA) is 65.6 Å². The smallest absolute Gasteiger partial charge is 0.131 e. The number of fused-ring (bicyclic) bond motifs is 1. The zero-order valence-corrected chi connectivity index (χ0v) is 13.9. The summed E-state index contributed by atoms with van der Waals surface area (Å²) < 4.78 is 0. The van der Waals surface area contributed by atoms with E-state index in [1.54, 1.807) is 0 Å². The van der Waals surface area contributed by atoms with Gasteiger partial charge in [-0.25, -0.2) is 9.97 Å². The summed E-state index contributed by atoms with van der Waals surface area (Å²) in [7, 11) is 0. The molecule has 0 saturated heterocycles. The number of rotatable bonds is 6. The molecule has 0 aliphatic heterocycles. The second-order valence-corrected chi connectivity index (χ2v) is 6.02. The Hall–Kier alpha value is -2.56. The summed E-state index contributed by atoms with van der Waals surface area (Å²) in [6.45, 7) is 6.94. The first-order chi connectivity index (χ1) is 11.1. The fourth-order valence-corrected chi connectivity index (χ4v) is 2.69. The number of nitrogens with zero attached hydrogens (tertiary/aromatic N) is 2. The molecule has 0 atom stereocenters. The third-order valence-corrected chi connectivity index (χ3v) is 3.65. The molecule has 0 bridgehead atoms. The standard InChI is InChI=1S/C18H23N5/c1-12(2)21-18-10-17(22-13(3)23-18)19-9-8-14-11-20-16-7-5-4-6-15(14)16/h4-7,10-12,20H,8-9H2,1-3H3,(H2,19,21,22,23). The van der Waals surface area contributed by atoms with Crippen LogP contribution in [0.2, 0.25) is 0 Å². The molecule has 5 nitrogen and oxygen atoms in total. The number of H-pyrrole nitrogens is 1. The van der Waals surface area contributed by atoms with E-state index in [1.165, 1.54) is 16.5 Å². The van der Waals surface area contributed by atoms with Gasteiger partial charge in [0.15, 0.2) is 0 Å². The Labute approximate surface area is 136 Å². The molecule has 1 aromatic carbocycles. The van der Waals surface area contributed by atoms with Gasteiger partial charge in [0.1, 0.15) is 17.5 Å². The Morgan fingerprint density at radius 3 is 2.74 bits per heavy atom. The summed E-state index contributed by atoms with van der Waals surface area (Å²) in [6.07, 6.45) is 3.03. The zero-order valence-electron chi connectivity index (χ0n) is 13.9. The normalized spacial score (nSPS) is 11.1. The minimum Gasteiger partial charge on any atom is -0.370 e. The molecule has 3 aromatic rings. The maximum atomic E-state index is 4.45. The Balaban J connectivity index is 1.65. The Bertz CT molecular complexity index is 791. The summed E-state index contributed by atoms with van der Waals surface area (Å²) in [4.78, 5) is 12.2. The molecule has 3 N–H and O–H groups in total. The van der Waals surface area contributed by atoms with Crippen LogP contribution in [-0.4, -0.2) is 27.5 Å². The molecule has 2 heterocycles. The second-order valence-electron chi connectivity index (χ2n) is 6.02. The largest absolute Gasteiger partial charge is 0.370 e. The first kappa shape index (κ1) is 15.3. The quantitative estimate of drug-likeness (QED) is 0.649. The van der Waals surface area contributed by atoms with Crippen molar-refractivity contribution in [2.75, 3.05) is 17.2 Å². The molecular weight excluding hydrogens is 286 g/mol. The summed E-state index contributed by atoms with van der Waals surface area (Å²) in [5, 5.41) is 8.00. The van der Waals surface area contributed by atoms with E-state index in [-0.39, 0.29) is 0 Å². The lowest BCUT2D eigenvalue weighted by Gasteiger charge is -2.12. The lowest BCUT2D eigenvalue weighted by Crippen LogP contribution is -2.13. The van der Waals surface area contributed by atoms with Crippen molar-refractivity contribution in [1.82, 2.24) is 15.0 Å². The number of para-hydroxylation sites is 1. The minimum absolute atomic E-state index is 0.350. The average Bonchev–Trinajstić information content (AvgIpc) is 2.89. The Morgan fingerprint density at radius 1 is 1.13 bits per heavy atom. The molecule has 0 fully saturated rings. The molecule has 2 aromatic heterocycles. The molecular formula is C18H23N5. The van der Waals surface area contributed by atoms with Crippen LogP contribution in [0, 0.1) is 6.92 Å². The maximum Gasteiger partial charge on any atom is 0.131 e. The number of nitrogens with one attached hydrogen (secondary N) is 3. The molecule has 0 radical (unpaired) electrons. The molecule has 0 aliphatic rings. The Morgan fingerprint density at radius 2 is 1.91 bits per heavy atom. The minimum atomic E-state index is 0.350. The fraction of sp³-hybridized carbons (Fsp3) is 0.333. The van der Waals surface area contributed by atoms with Gasteiger partial charge in [-0.15, -0.1) is 0 Å². The van der Waals surface area contributed by atoms with Crippen LogP contribution >= 0.6 is 0 Å². The third kappa shape index (κ3) is 3.80. The van der Waals surface area contributed by atoms with Gasteiger partial charge in [0.05, 0.1) is 0 Å². The number of aromatic amines is 1. The first-order valence-corrected chi connectivity index (χ1v) is 8.03. The maximum absolute atomic E-state index is 4.45. The zero-order chi connectivity index (χ0) is 16.2. The van der Waals surface area contributed by atoms with Crippen LogP contribution in [-0.2, 0) is 6.42 Å². The molecule has 3 rings (SSSR count). The van der Waals surface area contributed by atoms with E-state index in [4.69, 9.17) is 0 Å². The molecule has 0 spiro atoms. The number of hydrogen-bond acceptors (Lipinski definition) is 4. The van der Waals surface area contributed by atoms with Crippen LogP contribution < -0.4 is 10.6 Å². The highest BCUT2D eigenvalue weighted by molar-refractivity contribution is 5.83. The lowest BCUT2D eigenvalue weighted by molar-refractivity contribution is 0.879. The number of aryl methyl sites for hydroxylation is 1. The predicted octanol–water partition coefficient (Wildman–Crippen LogP) is 3.74. The highest BCUT2D eigenvalue weighted by atomic mass is 15.1. The van der Waals surface area contributed by atoms with E-state index in [9.17, 15) is 0 Å². The lowest BCUT2D eigenvalue weighted by atomic mass is 10.1. The molecule has 23 heavy (non-hydrogen) atoms. The van der Waals surface area contributed by atoms with Crippen molar-refractivity contribution in [3.8, 4) is 0 Å². The van der Waals surface area contributed by atoms with Crippen molar-refractivity contribution >= 4 is 22.5 Å². The van der Waals surface area contributed by atoms with Crippen molar-refractivity contribution in [1.29, 1.82) is 0 Å². The van der Waals surface area contributed by atoms with Gasteiger partial charge in [0.25, 0.3) is 0 Å². The van der Waals surface area contributed by atoms with Gasteiger partial charge in [0.2, 0.25) is 0 Å². The van der Waals surface area contributed by atoms with Gasteiger partial charge >= 0.3 is 0 Å². The van der Waals surface area contributed by atoms with Gasteiger partial charge in [-0.05, 0) is 38.8 Å². The summed E-state index contributed by atoms with van der Waals surface area (Å²) in [5.41, 5.74) is 2.50. The first-order valence-electron chi connectivity index (χ1n) is 8.03. The van der Waals surface area contributed by atoms with Crippen LogP contribution in [0.3, 0.4) is 0 Å². The summed E-state index contributed by atoms with van der Waals surface area (Å²) >= 11 is 0. The molecule has 0 aliphatic carbocycles. The highest BCUT2D eigenvalue weighted by Gasteiger charge is 2.05. The molecule has 120 valence electrons. The predicted molar refractivity (Wildman–Crippen MR) is 96.0 cm³/mol. The van der Waals surface area contributed by atoms with Crippen LogP contribution in [0.1, 0.15) is 25.2 Å². The van der Waals surface area contributed by atoms with Crippen molar-refractivity contribution in [2.24, 2.45) is 0 Å². The van der Waals surface area contributed by atoms with E-state index in [1.807, 2.05) is 19.1 Å². The molecule has 5 heteroatoms. The van der Waals surface area contributed by atoms with Gasteiger partial charge in [0, 0.05) is 35.8 Å². The molecule has 0 saturated carbocycles.